The van der Waals surface area contributed by atoms with Crippen molar-refractivity contribution in [2.24, 2.45) is 0 Å². The lowest BCUT2D eigenvalue weighted by Gasteiger charge is -2.11. The number of aromatic amines is 1. The van der Waals surface area contributed by atoms with Gasteiger partial charge in [0.05, 0.1) is 36.3 Å². The van der Waals surface area contributed by atoms with Crippen molar-refractivity contribution in [2.75, 3.05) is 12.4 Å². The summed E-state index contributed by atoms with van der Waals surface area (Å²) < 4.78 is 7.62. The number of pyridine rings is 1. The Morgan fingerprint density at radius 1 is 1.11 bits per heavy atom. The van der Waals surface area contributed by atoms with Gasteiger partial charge in [0, 0.05) is 34.1 Å². The predicted octanol–water partition coefficient (Wildman–Crippen LogP) is 4.41. The lowest BCUT2D eigenvalue weighted by atomic mass is 10.0. The van der Waals surface area contributed by atoms with Gasteiger partial charge >= 0.3 is 6.09 Å². The Morgan fingerprint density at radius 3 is 2.70 bits per heavy atom. The third-order valence-corrected chi connectivity index (χ3v) is 6.05. The Bertz CT molecular complexity index is 1650. The van der Waals surface area contributed by atoms with Gasteiger partial charge in [0.2, 0.25) is 0 Å². The molecule has 3 heterocycles. The van der Waals surface area contributed by atoms with E-state index < -0.39 is 6.09 Å². The van der Waals surface area contributed by atoms with Gasteiger partial charge in [0.25, 0.3) is 5.56 Å². The van der Waals surface area contributed by atoms with Crippen LogP contribution in [-0.2, 0) is 11.3 Å². The molecule has 13 heteroatoms. The summed E-state index contributed by atoms with van der Waals surface area (Å²) in [5, 5.41) is 14.8. The molecule has 2 N–H and O–H groups in total. The van der Waals surface area contributed by atoms with Crippen LogP contribution in [-0.4, -0.2) is 47.9 Å². The van der Waals surface area contributed by atoms with Crippen LogP contribution in [0.5, 0.6) is 0 Å². The molecule has 0 fully saturated rings. The number of imidazole rings is 1. The molecule has 186 valence electrons. The van der Waals surface area contributed by atoms with Crippen molar-refractivity contribution in [1.82, 2.24) is 34.7 Å². The molecule has 0 aliphatic carbocycles. The first-order chi connectivity index (χ1) is 17.9. The normalized spacial score (nSPS) is 10.9. The van der Waals surface area contributed by atoms with Crippen molar-refractivity contribution in [3.8, 4) is 28.1 Å². The summed E-state index contributed by atoms with van der Waals surface area (Å²) in [7, 11) is 1.28. The van der Waals surface area contributed by atoms with E-state index in [4.69, 9.17) is 23.2 Å². The Labute approximate surface area is 219 Å². The number of anilines is 1. The number of rotatable bonds is 6. The molecular formula is C24H18Cl2N8O3. The number of benzene rings is 2. The number of hydrogen-bond acceptors (Lipinski definition) is 7. The number of nitrogens with one attached hydrogen (secondary N) is 2. The predicted molar refractivity (Wildman–Crippen MR) is 138 cm³/mol. The molecule has 11 nitrogen and oxygen atoms in total. The summed E-state index contributed by atoms with van der Waals surface area (Å²) in [5.74, 6) is 0.565. The van der Waals surface area contributed by atoms with Gasteiger partial charge in [-0.15, -0.1) is 5.10 Å². The van der Waals surface area contributed by atoms with E-state index in [1.807, 2.05) is 6.07 Å². The molecule has 0 unspecified atom stereocenters. The molecule has 5 aromatic rings. The molecule has 0 aliphatic rings. The van der Waals surface area contributed by atoms with Gasteiger partial charge in [0.15, 0.2) is 0 Å². The maximum atomic E-state index is 13.0. The number of amides is 1. The van der Waals surface area contributed by atoms with Crippen molar-refractivity contribution < 1.29 is 9.53 Å². The van der Waals surface area contributed by atoms with Crippen molar-refractivity contribution in [3.63, 3.8) is 0 Å². The van der Waals surface area contributed by atoms with Crippen LogP contribution >= 0.6 is 23.2 Å². The highest BCUT2D eigenvalue weighted by Gasteiger charge is 2.13. The van der Waals surface area contributed by atoms with Gasteiger partial charge in [-0.25, -0.2) is 9.78 Å². The Morgan fingerprint density at radius 2 is 1.97 bits per heavy atom. The number of H-pyrrole nitrogens is 1. The number of carbonyl (C=O) groups is 1. The van der Waals surface area contributed by atoms with Gasteiger partial charge in [-0.05, 0) is 58.5 Å². The molecule has 1 amide bonds. The number of tetrazole rings is 1. The molecule has 0 aliphatic heterocycles. The summed E-state index contributed by atoms with van der Waals surface area (Å²) in [5.41, 5.74) is 3.69. The summed E-state index contributed by atoms with van der Waals surface area (Å²) in [4.78, 5) is 31.9. The maximum absolute atomic E-state index is 13.0. The van der Waals surface area contributed by atoms with Crippen molar-refractivity contribution >= 4 is 35.0 Å². The number of ether oxygens (including phenoxy) is 1. The minimum absolute atomic E-state index is 0.216. The van der Waals surface area contributed by atoms with Crippen LogP contribution < -0.4 is 10.9 Å². The van der Waals surface area contributed by atoms with Crippen LogP contribution in [0.25, 0.3) is 28.1 Å². The van der Waals surface area contributed by atoms with Crippen LogP contribution in [0.1, 0.15) is 5.82 Å². The highest BCUT2D eigenvalue weighted by atomic mass is 35.5. The maximum Gasteiger partial charge on any atom is 0.411 e. The topological polar surface area (TPSA) is 133 Å². The SMILES string of the molecule is COC(=O)Nc1ccc(-c2cnc(Cn3ccc(-c4cc(Cl)ccc4-n4cnnn4)cc3=O)[nH]2)c(Cl)c1. The van der Waals surface area contributed by atoms with Gasteiger partial charge in [-0.2, -0.15) is 4.68 Å². The molecule has 0 radical (unpaired) electrons. The summed E-state index contributed by atoms with van der Waals surface area (Å²) >= 11 is 12.6. The first-order valence-electron chi connectivity index (χ1n) is 10.8. The number of carbonyl (C=O) groups excluding carboxylic acids is 1. The average molecular weight is 537 g/mol. The zero-order valence-corrected chi connectivity index (χ0v) is 20.7. The van der Waals surface area contributed by atoms with Crippen LogP contribution in [0.3, 0.4) is 0 Å². The van der Waals surface area contributed by atoms with Gasteiger partial charge in [-0.3, -0.25) is 10.1 Å². The Balaban J connectivity index is 1.38. The lowest BCUT2D eigenvalue weighted by molar-refractivity contribution is 0.187. The van der Waals surface area contributed by atoms with Crippen molar-refractivity contribution in [2.45, 2.75) is 6.54 Å². The van der Waals surface area contributed by atoms with E-state index in [1.54, 1.807) is 48.8 Å². The zero-order chi connectivity index (χ0) is 25.9. The highest BCUT2D eigenvalue weighted by molar-refractivity contribution is 6.33. The zero-order valence-electron chi connectivity index (χ0n) is 19.2. The first-order valence-corrected chi connectivity index (χ1v) is 11.6. The number of nitrogens with zero attached hydrogens (tertiary/aromatic N) is 6. The molecule has 0 atom stereocenters. The summed E-state index contributed by atoms with van der Waals surface area (Å²) in [6.07, 6.45) is 4.20. The number of hydrogen-bond donors (Lipinski definition) is 2. The second kappa shape index (κ2) is 10.2. The molecule has 0 spiro atoms. The number of methoxy groups -OCH3 is 1. The largest absolute Gasteiger partial charge is 0.453 e. The minimum Gasteiger partial charge on any atom is -0.453 e. The number of aromatic nitrogens is 7. The third kappa shape index (κ3) is 5.22. The average Bonchev–Trinajstić information content (AvgIpc) is 3.58. The summed E-state index contributed by atoms with van der Waals surface area (Å²) in [6, 6.07) is 13.7. The van der Waals surface area contributed by atoms with Crippen LogP contribution in [0.15, 0.2) is 72.0 Å². The fourth-order valence-electron chi connectivity index (χ4n) is 3.74. The Kier molecular flexibility index (Phi) is 6.71. The fraction of sp³-hybridized carbons (Fsp3) is 0.0833. The smallest absolute Gasteiger partial charge is 0.411 e. The van der Waals surface area contributed by atoms with Gasteiger partial charge < -0.3 is 14.3 Å². The van der Waals surface area contributed by atoms with Crippen LogP contribution in [0.4, 0.5) is 10.5 Å². The molecule has 0 saturated heterocycles. The number of halogens is 2. The monoisotopic (exact) mass is 536 g/mol. The molecule has 37 heavy (non-hydrogen) atoms. The minimum atomic E-state index is -0.592. The second-order valence-corrected chi connectivity index (χ2v) is 8.70. The van der Waals surface area contributed by atoms with Gasteiger partial charge in [0.1, 0.15) is 12.2 Å². The fourth-order valence-corrected chi connectivity index (χ4v) is 4.19. The molecule has 0 saturated carbocycles. The van der Waals surface area contributed by atoms with Crippen molar-refractivity contribution in [3.05, 3.63) is 93.5 Å². The standard InChI is InChI=1S/C24H18Cl2N8O3/c1-37-24(36)29-16-3-4-17(19(26)10-16)20-11-27-22(30-20)12-33-7-6-14(8-23(33)35)18-9-15(25)2-5-21(18)34-13-28-31-32-34/h2-11,13H,12H2,1H3,(H,27,30)(H,29,36). The third-order valence-electron chi connectivity index (χ3n) is 5.50. The molecule has 2 aromatic carbocycles. The van der Waals surface area contributed by atoms with E-state index in [-0.39, 0.29) is 12.1 Å². The molecular weight excluding hydrogens is 519 g/mol. The summed E-state index contributed by atoms with van der Waals surface area (Å²) in [6.45, 7) is 0.216. The highest BCUT2D eigenvalue weighted by Crippen LogP contribution is 2.30. The Hall–Kier alpha value is -4.48. The quantitative estimate of drug-likeness (QED) is 0.328. The molecule has 3 aromatic heterocycles. The van der Waals surface area contributed by atoms with E-state index in [9.17, 15) is 9.59 Å². The van der Waals surface area contributed by atoms with E-state index >= 15 is 0 Å². The second-order valence-electron chi connectivity index (χ2n) is 7.85. The van der Waals surface area contributed by atoms with Crippen LogP contribution in [0, 0.1) is 0 Å². The van der Waals surface area contributed by atoms with E-state index in [1.165, 1.54) is 28.8 Å². The van der Waals surface area contributed by atoms with E-state index in [0.29, 0.717) is 49.6 Å². The van der Waals surface area contributed by atoms with Crippen molar-refractivity contribution in [1.29, 1.82) is 0 Å². The van der Waals surface area contributed by atoms with Crippen LogP contribution in [0.2, 0.25) is 10.0 Å². The van der Waals surface area contributed by atoms with E-state index in [0.717, 1.165) is 0 Å². The lowest BCUT2D eigenvalue weighted by Crippen LogP contribution is -2.19. The molecule has 0 bridgehead atoms. The van der Waals surface area contributed by atoms with Gasteiger partial charge in [-0.1, -0.05) is 23.2 Å². The first kappa shape index (κ1) is 24.2. The molecule has 5 rings (SSSR count). The van der Waals surface area contributed by atoms with E-state index in [2.05, 4.69) is 35.5 Å².